The fraction of sp³-hybridized carbons (Fsp3) is 0.933. The number of ether oxygens (including phenoxy) is 6. The van der Waals surface area contributed by atoms with Gasteiger partial charge in [-0.1, -0.05) is 0 Å². The zero-order valence-electron chi connectivity index (χ0n) is 28.0. The number of hydrogen-bond acceptors (Lipinski definition) is 20. The van der Waals surface area contributed by atoms with Gasteiger partial charge in [0.25, 0.3) is 0 Å². The van der Waals surface area contributed by atoms with Gasteiger partial charge in [-0.25, -0.2) is 0 Å². The van der Waals surface area contributed by atoms with Gasteiger partial charge in [0, 0.05) is 25.2 Å². The van der Waals surface area contributed by atoms with E-state index in [2.05, 4.69) is 10.6 Å². The second-order valence-electron chi connectivity index (χ2n) is 14.2. The van der Waals surface area contributed by atoms with Crippen LogP contribution < -0.4 is 33.6 Å². The molecule has 0 spiro atoms. The third-order valence-electron chi connectivity index (χ3n) is 10.4. The lowest BCUT2D eigenvalue weighted by Gasteiger charge is -2.48. The van der Waals surface area contributed by atoms with Crippen molar-refractivity contribution in [3.8, 4) is 0 Å². The molecule has 0 bridgehead atoms. The summed E-state index contributed by atoms with van der Waals surface area (Å²) in [6.07, 6.45) is -16.2. The number of hydrogen-bond donors (Lipinski definition) is 13. The van der Waals surface area contributed by atoms with E-state index < -0.39 is 122 Å². The van der Waals surface area contributed by atoms with Gasteiger partial charge >= 0.3 is 0 Å². The van der Waals surface area contributed by atoms with Crippen LogP contribution in [0, 0.1) is 5.41 Å². The van der Waals surface area contributed by atoms with Crippen molar-refractivity contribution in [1.29, 1.82) is 0 Å². The summed E-state index contributed by atoms with van der Waals surface area (Å²) >= 11 is 0. The molecule has 0 aromatic carbocycles. The average Bonchev–Trinajstić information content (AvgIpc) is 3.38. The van der Waals surface area contributed by atoms with Crippen molar-refractivity contribution in [3.05, 3.63) is 0 Å². The molecule has 0 radical (unpaired) electrons. The maximum atomic E-state index is 13.3. The molecule has 3 aliphatic heterocycles. The lowest BCUT2D eigenvalue weighted by atomic mass is 9.66. The fourth-order valence-electron chi connectivity index (χ4n) is 7.33. The van der Waals surface area contributed by atoms with Gasteiger partial charge in [0.15, 0.2) is 18.9 Å². The molecule has 5 fully saturated rings. The minimum atomic E-state index is -1.65. The number of nitrogens with two attached hydrogens (primary N) is 4. The number of rotatable bonds is 14. The summed E-state index contributed by atoms with van der Waals surface area (Å²) in [7, 11) is 0. The van der Waals surface area contributed by atoms with E-state index in [1.165, 1.54) is 0 Å². The molecule has 294 valence electrons. The van der Waals surface area contributed by atoms with Crippen molar-refractivity contribution in [2.24, 2.45) is 28.3 Å². The van der Waals surface area contributed by atoms with Gasteiger partial charge in [0.1, 0.15) is 60.5 Å². The fourth-order valence-corrected chi connectivity index (χ4v) is 7.33. The van der Waals surface area contributed by atoms with Gasteiger partial charge in [-0.15, -0.1) is 0 Å². The predicted molar refractivity (Wildman–Crippen MR) is 170 cm³/mol. The van der Waals surface area contributed by atoms with E-state index >= 15 is 0 Å². The lowest BCUT2D eigenvalue weighted by molar-refractivity contribution is -0.296. The molecule has 17 atom stereocenters. The normalized spacial score (nSPS) is 48.9. The number of aliphatic hydroxyl groups is 7. The summed E-state index contributed by atoms with van der Waals surface area (Å²) in [4.78, 5) is 25.2. The topological polar surface area (TPSA) is 359 Å². The lowest BCUT2D eigenvalue weighted by Crippen LogP contribution is -2.68. The molecule has 2 saturated carbocycles. The van der Waals surface area contributed by atoms with E-state index in [0.717, 1.165) is 0 Å². The molecule has 21 nitrogen and oxygen atoms in total. The molecule has 3 saturated heterocycles. The number of aldehydes is 1. The maximum absolute atomic E-state index is 13.3. The van der Waals surface area contributed by atoms with E-state index in [1.54, 1.807) is 0 Å². The Morgan fingerprint density at radius 3 is 2.12 bits per heavy atom. The summed E-state index contributed by atoms with van der Waals surface area (Å²) in [5.74, 6) is -0.652. The first-order valence-electron chi connectivity index (χ1n) is 17.2. The molecule has 0 aromatic rings. The molecule has 17 unspecified atom stereocenters. The van der Waals surface area contributed by atoms with Gasteiger partial charge in [-0.3, -0.25) is 4.79 Å². The Hall–Kier alpha value is -1.58. The molecular weight excluding hydrogens is 684 g/mol. The average molecular weight is 739 g/mol. The molecule has 1 amide bonds. The quantitative estimate of drug-likeness (QED) is 0.0447. The summed E-state index contributed by atoms with van der Waals surface area (Å²) in [6, 6.07) is -4.47. The highest BCUT2D eigenvalue weighted by Crippen LogP contribution is 2.39. The van der Waals surface area contributed by atoms with E-state index in [0.29, 0.717) is 6.29 Å². The Bertz CT molecular complexity index is 1160. The number of carbonyl (C=O) groups is 2. The summed E-state index contributed by atoms with van der Waals surface area (Å²) in [5.41, 5.74) is 23.4. The SMILES string of the molecule is NC1CC(C=O)(C(=O)NC2CC(N)C(OC3OC(CNCCO)C(O)CC3N)C(OC3OC(CO)C(OC4OCC(O)C(O)C4N)C3O)C2O)C1. The van der Waals surface area contributed by atoms with E-state index in [-0.39, 0.29) is 58.0 Å². The van der Waals surface area contributed by atoms with Gasteiger partial charge in [-0.2, -0.15) is 0 Å². The number of carbonyl (C=O) groups excluding carboxylic acids is 2. The molecule has 3 heterocycles. The molecule has 2 aliphatic carbocycles. The summed E-state index contributed by atoms with van der Waals surface area (Å²) < 4.78 is 35.4. The number of amides is 1. The van der Waals surface area contributed by atoms with Crippen LogP contribution in [0.3, 0.4) is 0 Å². The van der Waals surface area contributed by atoms with Crippen LogP contribution in [0.25, 0.3) is 0 Å². The third-order valence-corrected chi connectivity index (χ3v) is 10.4. The van der Waals surface area contributed by atoms with Crippen LogP contribution in [-0.4, -0.2) is 191 Å². The predicted octanol–water partition coefficient (Wildman–Crippen LogP) is -8.11. The second-order valence-corrected chi connectivity index (χ2v) is 14.2. The summed E-state index contributed by atoms with van der Waals surface area (Å²) in [5, 5.41) is 78.5. The monoisotopic (exact) mass is 738 g/mol. The van der Waals surface area contributed by atoms with Gasteiger partial charge < -0.3 is 103 Å². The van der Waals surface area contributed by atoms with Crippen LogP contribution in [-0.2, 0) is 38.0 Å². The first-order chi connectivity index (χ1) is 24.2. The Balaban J connectivity index is 1.35. The second kappa shape index (κ2) is 17.3. The van der Waals surface area contributed by atoms with Crippen molar-refractivity contribution >= 4 is 12.2 Å². The minimum absolute atomic E-state index is 0.0609. The van der Waals surface area contributed by atoms with Crippen LogP contribution in [0.15, 0.2) is 0 Å². The van der Waals surface area contributed by atoms with Gasteiger partial charge in [0.05, 0.1) is 50.2 Å². The van der Waals surface area contributed by atoms with E-state index in [4.69, 9.17) is 56.5 Å². The van der Waals surface area contributed by atoms with Crippen molar-refractivity contribution in [3.63, 3.8) is 0 Å². The maximum Gasteiger partial charge on any atom is 0.233 e. The Kier molecular flexibility index (Phi) is 13.7. The van der Waals surface area contributed by atoms with Crippen LogP contribution >= 0.6 is 0 Å². The van der Waals surface area contributed by atoms with Crippen molar-refractivity contribution in [1.82, 2.24) is 10.6 Å². The smallest absolute Gasteiger partial charge is 0.233 e. The first kappa shape index (κ1) is 40.6. The molecule has 17 N–H and O–H groups in total. The molecule has 0 aromatic heterocycles. The Morgan fingerprint density at radius 2 is 1.47 bits per heavy atom. The van der Waals surface area contributed by atoms with E-state index in [9.17, 15) is 40.2 Å². The third kappa shape index (κ3) is 8.71. The van der Waals surface area contributed by atoms with Crippen molar-refractivity contribution in [2.75, 3.05) is 32.9 Å². The molecule has 21 heteroatoms. The molecule has 5 rings (SSSR count). The van der Waals surface area contributed by atoms with Crippen molar-refractivity contribution in [2.45, 2.75) is 136 Å². The van der Waals surface area contributed by atoms with E-state index in [1.807, 2.05) is 0 Å². The van der Waals surface area contributed by atoms with Crippen molar-refractivity contribution < 1.29 is 73.8 Å². The molecular formula is C30H54N6O15. The summed E-state index contributed by atoms with van der Waals surface area (Å²) in [6.45, 7) is -0.731. The minimum Gasteiger partial charge on any atom is -0.395 e. The Morgan fingerprint density at radius 1 is 0.804 bits per heavy atom. The van der Waals surface area contributed by atoms with Crippen LogP contribution in [0.1, 0.15) is 25.7 Å². The largest absolute Gasteiger partial charge is 0.395 e. The number of nitrogens with one attached hydrogen (secondary N) is 2. The highest BCUT2D eigenvalue weighted by molar-refractivity contribution is 5.98. The number of aliphatic hydroxyl groups excluding tert-OH is 7. The van der Waals surface area contributed by atoms with Gasteiger partial charge in [-0.05, 0) is 25.7 Å². The van der Waals surface area contributed by atoms with Gasteiger partial charge in [0.2, 0.25) is 5.91 Å². The highest BCUT2D eigenvalue weighted by atomic mass is 16.8. The van der Waals surface area contributed by atoms with Crippen LogP contribution in [0.4, 0.5) is 0 Å². The molecule has 5 aliphatic rings. The zero-order valence-corrected chi connectivity index (χ0v) is 28.0. The van der Waals surface area contributed by atoms with Crippen LogP contribution in [0.5, 0.6) is 0 Å². The Labute approximate surface area is 293 Å². The first-order valence-corrected chi connectivity index (χ1v) is 17.2. The van der Waals surface area contributed by atoms with Crippen LogP contribution in [0.2, 0.25) is 0 Å². The standard InChI is InChI=1S/C30H54N6O15/c31-11-5-30(6-11,10-39)29(45)36-14-3-12(32)23(49-26-13(33)4-15(40)17(47-26)7-35-1-2-37)25(20(14)42)51-28-22(44)24(18(8-38)48-28)50-27-19(34)21(43)16(41)9-46-27/h10-28,35,37-38,40-44H,1-9,31-34H2,(H,36,45). The molecule has 51 heavy (non-hydrogen) atoms. The highest BCUT2D eigenvalue weighted by Gasteiger charge is 2.55. The zero-order chi connectivity index (χ0) is 37.2.